The number of carboxylic acid groups (broad SMARTS) is 1. The summed E-state index contributed by atoms with van der Waals surface area (Å²) in [6, 6.07) is 0. The van der Waals surface area contributed by atoms with Crippen LogP contribution in [0.2, 0.25) is 0 Å². The molecule has 0 amide bonds. The quantitative estimate of drug-likeness (QED) is 0.814. The molecule has 1 heterocycles. The number of carboxylic acids is 1. The maximum Gasteiger partial charge on any atom is 0.305 e. The summed E-state index contributed by atoms with van der Waals surface area (Å²) in [6.07, 6.45) is 4.74. The van der Waals surface area contributed by atoms with Crippen molar-refractivity contribution in [2.45, 2.75) is 44.6 Å². The third kappa shape index (κ3) is 2.80. The Morgan fingerprint density at radius 2 is 2.18 bits per heavy atom. The molecule has 2 rings (SSSR count). The van der Waals surface area contributed by atoms with Crippen LogP contribution in [0.4, 0.5) is 0 Å². The summed E-state index contributed by atoms with van der Waals surface area (Å²) in [7, 11) is 0. The Morgan fingerprint density at radius 1 is 1.47 bits per heavy atom. The van der Waals surface area contributed by atoms with Crippen LogP contribution in [0, 0.1) is 5.92 Å². The number of carbonyl (C=O) groups is 1. The summed E-state index contributed by atoms with van der Waals surface area (Å²) in [5.74, 6) is 0.0467. The minimum absolute atomic E-state index is 0.0870. The average Bonchev–Trinajstić information content (AvgIpc) is 2.74. The van der Waals surface area contributed by atoms with Gasteiger partial charge in [0, 0.05) is 18.6 Å². The van der Waals surface area contributed by atoms with Gasteiger partial charge in [-0.25, -0.2) is 0 Å². The van der Waals surface area contributed by atoms with Gasteiger partial charge < -0.3 is 9.84 Å². The van der Waals surface area contributed by atoms with E-state index in [1.165, 1.54) is 12.8 Å². The number of morpholine rings is 1. The normalized spacial score (nSPS) is 35.0. The van der Waals surface area contributed by atoms with Gasteiger partial charge in [0.1, 0.15) is 0 Å². The van der Waals surface area contributed by atoms with E-state index in [0.717, 1.165) is 39.1 Å². The molecule has 1 aliphatic heterocycles. The van der Waals surface area contributed by atoms with Gasteiger partial charge in [0.2, 0.25) is 0 Å². The molecule has 0 bridgehead atoms. The van der Waals surface area contributed by atoms with Gasteiger partial charge >= 0.3 is 5.97 Å². The number of hydrogen-bond donors (Lipinski definition) is 1. The van der Waals surface area contributed by atoms with Crippen LogP contribution in [-0.4, -0.2) is 47.8 Å². The van der Waals surface area contributed by atoms with Gasteiger partial charge in [0.05, 0.1) is 19.6 Å². The predicted octanol–water partition coefficient (Wildman–Crippen LogP) is 1.74. The zero-order valence-electron chi connectivity index (χ0n) is 10.7. The first-order chi connectivity index (χ1) is 8.16. The zero-order chi connectivity index (χ0) is 12.3. The van der Waals surface area contributed by atoms with Crippen molar-refractivity contribution >= 4 is 5.97 Å². The lowest BCUT2D eigenvalue weighted by molar-refractivity contribution is -0.141. The van der Waals surface area contributed by atoms with E-state index in [1.54, 1.807) is 0 Å². The van der Waals surface area contributed by atoms with Gasteiger partial charge in [-0.3, -0.25) is 9.69 Å². The molecule has 1 saturated carbocycles. The van der Waals surface area contributed by atoms with E-state index < -0.39 is 5.97 Å². The minimum Gasteiger partial charge on any atom is -0.481 e. The van der Waals surface area contributed by atoms with E-state index in [4.69, 9.17) is 4.74 Å². The largest absolute Gasteiger partial charge is 0.481 e. The van der Waals surface area contributed by atoms with Crippen LogP contribution in [-0.2, 0) is 9.53 Å². The van der Waals surface area contributed by atoms with Crippen LogP contribution in [0.3, 0.4) is 0 Å². The van der Waals surface area contributed by atoms with Crippen molar-refractivity contribution in [3.8, 4) is 0 Å². The molecule has 1 saturated heterocycles. The summed E-state index contributed by atoms with van der Waals surface area (Å²) in [5.41, 5.74) is -0.0870. The third-order valence-corrected chi connectivity index (χ3v) is 4.43. The van der Waals surface area contributed by atoms with Crippen molar-refractivity contribution < 1.29 is 14.6 Å². The number of ether oxygens (including phenoxy) is 1. The molecule has 0 aromatic rings. The van der Waals surface area contributed by atoms with Crippen molar-refractivity contribution in [2.24, 2.45) is 5.92 Å². The van der Waals surface area contributed by atoms with Crippen LogP contribution in [0.5, 0.6) is 0 Å². The van der Waals surface area contributed by atoms with E-state index in [0.29, 0.717) is 12.3 Å². The van der Waals surface area contributed by atoms with Crippen molar-refractivity contribution in [3.05, 3.63) is 0 Å². The van der Waals surface area contributed by atoms with Gasteiger partial charge in [0.25, 0.3) is 0 Å². The van der Waals surface area contributed by atoms with Crippen LogP contribution >= 0.6 is 0 Å². The lowest BCUT2D eigenvalue weighted by Crippen LogP contribution is -2.53. The Balaban J connectivity index is 2.09. The van der Waals surface area contributed by atoms with Crippen molar-refractivity contribution in [1.29, 1.82) is 0 Å². The molecule has 1 N–H and O–H groups in total. The summed E-state index contributed by atoms with van der Waals surface area (Å²) < 4.78 is 5.37. The fraction of sp³-hybridized carbons (Fsp3) is 0.923. The Labute approximate surface area is 103 Å². The second-order valence-electron chi connectivity index (χ2n) is 5.41. The summed E-state index contributed by atoms with van der Waals surface area (Å²) in [6.45, 7) is 5.49. The van der Waals surface area contributed by atoms with Gasteiger partial charge in [-0.15, -0.1) is 0 Å². The first-order valence-electron chi connectivity index (χ1n) is 6.71. The lowest BCUT2D eigenvalue weighted by atomic mass is 9.88. The third-order valence-electron chi connectivity index (χ3n) is 4.43. The molecular weight excluding hydrogens is 218 g/mol. The number of aliphatic carboxylic acids is 1. The maximum atomic E-state index is 11.1. The highest BCUT2D eigenvalue weighted by atomic mass is 16.5. The number of rotatable bonds is 4. The van der Waals surface area contributed by atoms with Gasteiger partial charge in [-0.05, 0) is 25.2 Å². The Kier molecular flexibility index (Phi) is 4.05. The van der Waals surface area contributed by atoms with E-state index in [9.17, 15) is 9.90 Å². The highest BCUT2D eigenvalue weighted by molar-refractivity contribution is 5.68. The molecule has 0 aromatic heterocycles. The Bertz CT molecular complexity index is 276. The van der Waals surface area contributed by atoms with E-state index in [-0.39, 0.29) is 5.54 Å². The van der Waals surface area contributed by atoms with Gasteiger partial charge in [-0.2, -0.15) is 0 Å². The van der Waals surface area contributed by atoms with Crippen LogP contribution in [0.1, 0.15) is 39.0 Å². The molecule has 4 heteroatoms. The van der Waals surface area contributed by atoms with E-state index in [2.05, 4.69) is 11.8 Å². The predicted molar refractivity (Wildman–Crippen MR) is 65.0 cm³/mol. The fourth-order valence-electron chi connectivity index (χ4n) is 3.44. The standard InChI is InChI=1S/C13H23NO3/c1-2-11-3-4-13(9-11,10-12(15)16)14-5-7-17-8-6-14/h11H,2-10H2,1H3,(H,15,16). The molecule has 2 fully saturated rings. The molecule has 2 unspecified atom stereocenters. The Morgan fingerprint density at radius 3 is 2.71 bits per heavy atom. The first kappa shape index (κ1) is 12.8. The van der Waals surface area contributed by atoms with Crippen molar-refractivity contribution in [2.75, 3.05) is 26.3 Å². The summed E-state index contributed by atoms with van der Waals surface area (Å²) in [5, 5.41) is 9.17. The van der Waals surface area contributed by atoms with Gasteiger partial charge in [-0.1, -0.05) is 13.3 Å². The van der Waals surface area contributed by atoms with Crippen LogP contribution in [0.15, 0.2) is 0 Å². The molecule has 0 spiro atoms. The van der Waals surface area contributed by atoms with Gasteiger partial charge in [0.15, 0.2) is 0 Å². The molecule has 1 aliphatic carbocycles. The molecule has 2 aliphatic rings. The topological polar surface area (TPSA) is 49.8 Å². The van der Waals surface area contributed by atoms with Crippen LogP contribution < -0.4 is 0 Å². The Hall–Kier alpha value is -0.610. The lowest BCUT2D eigenvalue weighted by Gasteiger charge is -2.42. The first-order valence-corrected chi connectivity index (χ1v) is 6.71. The second-order valence-corrected chi connectivity index (χ2v) is 5.41. The highest BCUT2D eigenvalue weighted by Gasteiger charge is 2.44. The average molecular weight is 241 g/mol. The maximum absolute atomic E-state index is 11.1. The number of hydrogen-bond acceptors (Lipinski definition) is 3. The van der Waals surface area contributed by atoms with Crippen LogP contribution in [0.25, 0.3) is 0 Å². The monoisotopic (exact) mass is 241 g/mol. The molecule has 0 radical (unpaired) electrons. The molecular formula is C13H23NO3. The SMILES string of the molecule is CCC1CCC(CC(=O)O)(N2CCOCC2)C1. The van der Waals surface area contributed by atoms with Crippen molar-refractivity contribution in [3.63, 3.8) is 0 Å². The fourth-order valence-corrected chi connectivity index (χ4v) is 3.44. The molecule has 2 atom stereocenters. The zero-order valence-corrected chi connectivity index (χ0v) is 10.7. The molecule has 0 aromatic carbocycles. The smallest absolute Gasteiger partial charge is 0.305 e. The van der Waals surface area contributed by atoms with E-state index >= 15 is 0 Å². The van der Waals surface area contributed by atoms with Crippen molar-refractivity contribution in [1.82, 2.24) is 4.90 Å². The molecule has 4 nitrogen and oxygen atoms in total. The highest BCUT2D eigenvalue weighted by Crippen LogP contribution is 2.43. The molecule has 17 heavy (non-hydrogen) atoms. The minimum atomic E-state index is -0.659. The molecule has 98 valence electrons. The number of nitrogens with zero attached hydrogens (tertiary/aromatic N) is 1. The summed E-state index contributed by atoms with van der Waals surface area (Å²) in [4.78, 5) is 13.5. The van der Waals surface area contributed by atoms with E-state index in [1.807, 2.05) is 0 Å². The second kappa shape index (κ2) is 5.36. The summed E-state index contributed by atoms with van der Waals surface area (Å²) >= 11 is 0.